The molecule has 8 heteroatoms. The number of nitrogens with zero attached hydrogens (tertiary/aromatic N) is 3. The number of anilines is 2. The first-order chi connectivity index (χ1) is 12.4. The molecule has 1 aliphatic heterocycles. The molecule has 2 aromatic rings. The van der Waals surface area contributed by atoms with Gasteiger partial charge in [0.1, 0.15) is 0 Å². The van der Waals surface area contributed by atoms with E-state index in [0.29, 0.717) is 17.9 Å². The Morgan fingerprint density at radius 2 is 2.00 bits per heavy atom. The van der Waals surface area contributed by atoms with E-state index in [1.165, 1.54) is 7.11 Å². The van der Waals surface area contributed by atoms with E-state index in [1.807, 2.05) is 19.1 Å². The molecule has 8 nitrogen and oxygen atoms in total. The fourth-order valence-corrected chi connectivity index (χ4v) is 3.03. The second-order valence-corrected chi connectivity index (χ2v) is 6.42. The summed E-state index contributed by atoms with van der Waals surface area (Å²) >= 11 is 0. The molecule has 0 radical (unpaired) electrons. The second-order valence-electron chi connectivity index (χ2n) is 6.42. The van der Waals surface area contributed by atoms with Crippen molar-refractivity contribution in [1.82, 2.24) is 10.2 Å². The third-order valence-electron chi connectivity index (χ3n) is 4.17. The number of rotatable bonds is 2. The molecule has 26 heavy (non-hydrogen) atoms. The highest BCUT2D eigenvalue weighted by atomic mass is 16.6. The van der Waals surface area contributed by atoms with Crippen LogP contribution in [0.2, 0.25) is 0 Å². The summed E-state index contributed by atoms with van der Waals surface area (Å²) in [5.74, 6) is 0. The molecule has 0 saturated carbocycles. The van der Waals surface area contributed by atoms with Crippen molar-refractivity contribution in [3.05, 3.63) is 30.6 Å². The van der Waals surface area contributed by atoms with Gasteiger partial charge in [-0.2, -0.15) is 5.10 Å². The Kier molecular flexibility index (Phi) is 4.83. The van der Waals surface area contributed by atoms with Gasteiger partial charge in [0.15, 0.2) is 0 Å². The minimum Gasteiger partial charge on any atom is -0.452 e. The largest absolute Gasteiger partial charge is 0.452 e. The Morgan fingerprint density at radius 1 is 1.23 bits per heavy atom. The number of nitrogens with one attached hydrogen (secondary N) is 1. The molecule has 1 aromatic heterocycles. The number of aromatic nitrogens is 2. The highest BCUT2D eigenvalue weighted by molar-refractivity contribution is 6.01. The Morgan fingerprint density at radius 3 is 2.62 bits per heavy atom. The Labute approximate surface area is 151 Å². The van der Waals surface area contributed by atoms with Crippen LogP contribution in [0.25, 0.3) is 11.1 Å². The number of fused-ring (bicyclic) bond motifs is 1. The van der Waals surface area contributed by atoms with Crippen molar-refractivity contribution in [2.24, 2.45) is 0 Å². The minimum absolute atomic E-state index is 0.239. The quantitative estimate of drug-likeness (QED) is 0.889. The summed E-state index contributed by atoms with van der Waals surface area (Å²) in [5, 5.41) is 6.73. The number of amides is 2. The number of benzene rings is 1. The van der Waals surface area contributed by atoms with E-state index in [2.05, 4.69) is 10.2 Å². The average Bonchev–Trinajstić information content (AvgIpc) is 3.14. The first-order valence-electron chi connectivity index (χ1n) is 8.41. The predicted octanol–water partition coefficient (Wildman–Crippen LogP) is 3.40. The van der Waals surface area contributed by atoms with Crippen LogP contribution in [0, 0.1) is 0 Å². The summed E-state index contributed by atoms with van der Waals surface area (Å²) in [5.41, 5.74) is 2.95. The molecule has 0 bridgehead atoms. The van der Waals surface area contributed by atoms with Gasteiger partial charge in [-0.3, -0.25) is 14.9 Å². The van der Waals surface area contributed by atoms with E-state index in [-0.39, 0.29) is 12.1 Å². The summed E-state index contributed by atoms with van der Waals surface area (Å²) in [6.07, 6.45) is 2.31. The van der Waals surface area contributed by atoms with E-state index in [4.69, 9.17) is 9.47 Å². The predicted molar refractivity (Wildman–Crippen MR) is 97.3 cm³/mol. The molecule has 0 unspecified atom stereocenters. The summed E-state index contributed by atoms with van der Waals surface area (Å²) in [6, 6.07) is 5.28. The maximum Gasteiger partial charge on any atom is 0.414 e. The number of aromatic amines is 1. The zero-order valence-electron chi connectivity index (χ0n) is 15.2. The fourth-order valence-electron chi connectivity index (χ4n) is 3.03. The van der Waals surface area contributed by atoms with Gasteiger partial charge in [0.25, 0.3) is 0 Å². The summed E-state index contributed by atoms with van der Waals surface area (Å²) < 4.78 is 10.3. The summed E-state index contributed by atoms with van der Waals surface area (Å²) in [6.45, 7) is 5.77. The van der Waals surface area contributed by atoms with Crippen LogP contribution < -0.4 is 9.80 Å². The van der Waals surface area contributed by atoms with E-state index >= 15 is 0 Å². The van der Waals surface area contributed by atoms with Gasteiger partial charge in [-0.05, 0) is 38.5 Å². The van der Waals surface area contributed by atoms with E-state index in [9.17, 15) is 9.59 Å². The molecular formula is C18H22N4O4. The molecule has 0 spiro atoms. The van der Waals surface area contributed by atoms with Crippen LogP contribution in [-0.2, 0) is 9.47 Å². The smallest absolute Gasteiger partial charge is 0.414 e. The molecule has 1 atom stereocenters. The molecule has 1 aromatic carbocycles. The molecule has 1 aliphatic rings. The van der Waals surface area contributed by atoms with Crippen molar-refractivity contribution in [3.63, 3.8) is 0 Å². The molecule has 2 amide bonds. The molecule has 0 aliphatic carbocycles. The average molecular weight is 358 g/mol. The van der Waals surface area contributed by atoms with Crippen molar-refractivity contribution in [1.29, 1.82) is 0 Å². The topological polar surface area (TPSA) is 87.8 Å². The molecule has 2 heterocycles. The van der Waals surface area contributed by atoms with Gasteiger partial charge in [0.05, 0.1) is 43.4 Å². The minimum atomic E-state index is -0.466. The van der Waals surface area contributed by atoms with Crippen molar-refractivity contribution in [2.75, 3.05) is 23.5 Å². The third-order valence-corrected chi connectivity index (χ3v) is 4.17. The van der Waals surface area contributed by atoms with Gasteiger partial charge in [-0.1, -0.05) is 6.07 Å². The fraction of sp³-hybridized carbons (Fsp3) is 0.389. The lowest BCUT2D eigenvalue weighted by atomic mass is 10.0. The molecular weight excluding hydrogens is 336 g/mol. The van der Waals surface area contributed by atoms with Crippen LogP contribution in [0.3, 0.4) is 0 Å². The Bertz CT molecular complexity index is 804. The van der Waals surface area contributed by atoms with E-state index in [0.717, 1.165) is 11.1 Å². The second kappa shape index (κ2) is 7.07. The van der Waals surface area contributed by atoms with E-state index < -0.39 is 12.2 Å². The number of hydrogen-bond donors (Lipinski definition) is 1. The van der Waals surface area contributed by atoms with Gasteiger partial charge in [0, 0.05) is 11.8 Å². The zero-order chi connectivity index (χ0) is 18.8. The van der Waals surface area contributed by atoms with E-state index in [1.54, 1.807) is 42.1 Å². The first-order valence-corrected chi connectivity index (χ1v) is 8.41. The number of ether oxygens (including phenoxy) is 2. The monoisotopic (exact) mass is 358 g/mol. The molecule has 1 N–H and O–H groups in total. The Balaban J connectivity index is 2.09. The van der Waals surface area contributed by atoms with Crippen LogP contribution in [0.5, 0.6) is 0 Å². The van der Waals surface area contributed by atoms with Crippen LogP contribution in [0.1, 0.15) is 20.8 Å². The highest BCUT2D eigenvalue weighted by Crippen LogP contribution is 2.39. The van der Waals surface area contributed by atoms with Gasteiger partial charge in [-0.15, -0.1) is 0 Å². The van der Waals surface area contributed by atoms with Gasteiger partial charge in [0.2, 0.25) is 0 Å². The van der Waals surface area contributed by atoms with Crippen LogP contribution >= 0.6 is 0 Å². The first kappa shape index (κ1) is 17.8. The van der Waals surface area contributed by atoms with Crippen molar-refractivity contribution in [2.45, 2.75) is 32.9 Å². The normalized spacial score (nSPS) is 16.4. The molecule has 138 valence electrons. The van der Waals surface area contributed by atoms with Crippen LogP contribution in [-0.4, -0.2) is 48.2 Å². The lowest BCUT2D eigenvalue weighted by Gasteiger charge is -2.40. The molecule has 0 fully saturated rings. The van der Waals surface area contributed by atoms with Crippen molar-refractivity contribution >= 4 is 23.6 Å². The Hall–Kier alpha value is -3.03. The lowest BCUT2D eigenvalue weighted by Crippen LogP contribution is -2.52. The zero-order valence-corrected chi connectivity index (χ0v) is 15.2. The van der Waals surface area contributed by atoms with Crippen LogP contribution in [0.4, 0.5) is 21.0 Å². The van der Waals surface area contributed by atoms with Crippen LogP contribution in [0.15, 0.2) is 30.6 Å². The summed E-state index contributed by atoms with van der Waals surface area (Å²) in [7, 11) is 1.34. The SMILES string of the molecule is COC(=O)N1c2ccc(-c3cn[nH]c3)cc2N(C(=O)OC(C)C)C[C@@H]1C. The number of methoxy groups -OCH3 is 1. The van der Waals surface area contributed by atoms with Crippen molar-refractivity contribution in [3.8, 4) is 11.1 Å². The number of carbonyl (C=O) groups is 2. The number of carbonyl (C=O) groups excluding carboxylic acids is 2. The number of H-pyrrole nitrogens is 1. The third kappa shape index (κ3) is 3.22. The highest BCUT2D eigenvalue weighted by Gasteiger charge is 2.36. The lowest BCUT2D eigenvalue weighted by molar-refractivity contribution is 0.121. The molecule has 3 rings (SSSR count). The maximum absolute atomic E-state index is 12.6. The van der Waals surface area contributed by atoms with Crippen molar-refractivity contribution < 1.29 is 19.1 Å². The summed E-state index contributed by atoms with van der Waals surface area (Å²) in [4.78, 5) is 28.0. The van der Waals surface area contributed by atoms with Gasteiger partial charge in [-0.25, -0.2) is 9.59 Å². The number of hydrogen-bond acceptors (Lipinski definition) is 5. The maximum atomic E-state index is 12.6. The standard InChI is InChI=1S/C18H22N4O4/c1-11(2)26-17(23)21-10-12(3)22(18(24)25-4)15-6-5-13(7-16(15)21)14-8-19-20-9-14/h5-9,11-12H,10H2,1-4H3,(H,19,20)/t12-/m0/s1. The van der Waals surface area contributed by atoms with Gasteiger partial charge < -0.3 is 9.47 Å². The molecule has 0 saturated heterocycles. The van der Waals surface area contributed by atoms with Gasteiger partial charge >= 0.3 is 12.2 Å².